The van der Waals surface area contributed by atoms with E-state index in [1.54, 1.807) is 0 Å². The molecule has 0 aromatic carbocycles. The summed E-state index contributed by atoms with van der Waals surface area (Å²) < 4.78 is 4.41. The van der Waals surface area contributed by atoms with Crippen LogP contribution in [0.25, 0.3) is 0 Å². The van der Waals surface area contributed by atoms with Gasteiger partial charge in [0.2, 0.25) is 0 Å². The summed E-state index contributed by atoms with van der Waals surface area (Å²) in [6.45, 7) is 4.63. The Morgan fingerprint density at radius 2 is 2.27 bits per heavy atom. The molecule has 1 rings (SSSR count). The maximum absolute atomic E-state index is 10.1. The molecule has 3 atom stereocenters. The lowest BCUT2D eigenvalue weighted by atomic mass is 10.1. The highest BCUT2D eigenvalue weighted by Crippen LogP contribution is 2.09. The fourth-order valence-corrected chi connectivity index (χ4v) is 1.16. The van der Waals surface area contributed by atoms with Crippen LogP contribution in [-0.4, -0.2) is 43.2 Å². The standard InChI is InChI=1S/C6H11NO.C4H8O3/c1-5-2-6(4-8)7-3-5;1-3(7-2)4(5)6/h4-7H,2-3H2,1H3;3H,1-2H3,(H,5,6). The van der Waals surface area contributed by atoms with Crippen molar-refractivity contribution in [2.24, 2.45) is 5.92 Å². The number of ether oxygens (including phenoxy) is 1. The quantitative estimate of drug-likeness (QED) is 0.664. The Hall–Kier alpha value is -0.940. The lowest BCUT2D eigenvalue weighted by Gasteiger charge is -1.98. The molecule has 15 heavy (non-hydrogen) atoms. The first-order valence-electron chi connectivity index (χ1n) is 4.95. The zero-order chi connectivity index (χ0) is 11.8. The maximum atomic E-state index is 10.1. The molecule has 0 aromatic heterocycles. The summed E-state index contributed by atoms with van der Waals surface area (Å²) in [5, 5.41) is 11.1. The van der Waals surface area contributed by atoms with Gasteiger partial charge in [0.25, 0.3) is 0 Å². The van der Waals surface area contributed by atoms with E-state index in [4.69, 9.17) is 5.11 Å². The van der Waals surface area contributed by atoms with Crippen LogP contribution in [0.2, 0.25) is 0 Å². The third-order valence-electron chi connectivity index (χ3n) is 2.25. The van der Waals surface area contributed by atoms with E-state index in [-0.39, 0.29) is 6.04 Å². The summed E-state index contributed by atoms with van der Waals surface area (Å²) in [5.74, 6) is -0.243. The highest BCUT2D eigenvalue weighted by Gasteiger charge is 2.18. The molecule has 1 heterocycles. The number of aliphatic carboxylic acids is 1. The molecule has 0 aromatic rings. The number of rotatable bonds is 3. The second-order valence-corrected chi connectivity index (χ2v) is 3.71. The molecule has 88 valence electrons. The molecular weight excluding hydrogens is 198 g/mol. The molecule has 0 saturated carbocycles. The van der Waals surface area contributed by atoms with Gasteiger partial charge < -0.3 is 20.0 Å². The van der Waals surface area contributed by atoms with Crippen LogP contribution < -0.4 is 5.32 Å². The van der Waals surface area contributed by atoms with E-state index in [1.807, 2.05) is 0 Å². The number of aldehydes is 1. The minimum Gasteiger partial charge on any atom is -0.479 e. The first kappa shape index (κ1) is 14.1. The molecule has 1 aliphatic rings. The van der Waals surface area contributed by atoms with Gasteiger partial charge in [0.05, 0.1) is 6.04 Å². The Balaban J connectivity index is 0.000000265. The lowest BCUT2D eigenvalue weighted by molar-refractivity contribution is -0.147. The van der Waals surface area contributed by atoms with Crippen molar-refractivity contribution in [1.82, 2.24) is 5.32 Å². The van der Waals surface area contributed by atoms with Gasteiger partial charge in [0.15, 0.2) is 6.10 Å². The van der Waals surface area contributed by atoms with Crippen LogP contribution in [0.3, 0.4) is 0 Å². The van der Waals surface area contributed by atoms with E-state index in [9.17, 15) is 9.59 Å². The van der Waals surface area contributed by atoms with Gasteiger partial charge in [-0.25, -0.2) is 4.79 Å². The third kappa shape index (κ3) is 6.19. The van der Waals surface area contributed by atoms with Crippen molar-refractivity contribution in [1.29, 1.82) is 0 Å². The Labute approximate surface area is 89.8 Å². The average molecular weight is 217 g/mol. The Kier molecular flexibility index (Phi) is 6.90. The first-order chi connectivity index (χ1) is 7.01. The maximum Gasteiger partial charge on any atom is 0.332 e. The summed E-state index contributed by atoms with van der Waals surface area (Å²) in [6, 6.07) is 0.144. The zero-order valence-corrected chi connectivity index (χ0v) is 9.40. The molecule has 1 aliphatic heterocycles. The van der Waals surface area contributed by atoms with Crippen molar-refractivity contribution >= 4 is 12.3 Å². The summed E-state index contributed by atoms with van der Waals surface area (Å²) in [7, 11) is 1.36. The van der Waals surface area contributed by atoms with Crippen molar-refractivity contribution in [3.05, 3.63) is 0 Å². The number of carbonyl (C=O) groups excluding carboxylic acids is 1. The number of hydrogen-bond donors (Lipinski definition) is 2. The molecule has 5 nitrogen and oxygen atoms in total. The minimum atomic E-state index is -0.928. The molecule has 0 amide bonds. The summed E-state index contributed by atoms with van der Waals surface area (Å²) in [6.07, 6.45) is 1.33. The van der Waals surface area contributed by atoms with E-state index < -0.39 is 12.1 Å². The van der Waals surface area contributed by atoms with Gasteiger partial charge >= 0.3 is 5.97 Å². The van der Waals surface area contributed by atoms with Crippen LogP contribution in [0, 0.1) is 5.92 Å². The van der Waals surface area contributed by atoms with Gasteiger partial charge in [0.1, 0.15) is 6.29 Å². The predicted octanol–water partition coefficient (Wildman–Crippen LogP) is 0.289. The number of carbonyl (C=O) groups is 2. The van der Waals surface area contributed by atoms with Gasteiger partial charge in [-0.2, -0.15) is 0 Å². The first-order valence-corrected chi connectivity index (χ1v) is 4.95. The van der Waals surface area contributed by atoms with Gasteiger partial charge in [-0.3, -0.25) is 0 Å². The number of hydrogen-bond acceptors (Lipinski definition) is 4. The highest BCUT2D eigenvalue weighted by atomic mass is 16.5. The zero-order valence-electron chi connectivity index (χ0n) is 9.40. The minimum absolute atomic E-state index is 0.144. The van der Waals surface area contributed by atoms with Gasteiger partial charge in [0, 0.05) is 7.11 Å². The third-order valence-corrected chi connectivity index (χ3v) is 2.25. The van der Waals surface area contributed by atoms with Crippen molar-refractivity contribution < 1.29 is 19.4 Å². The Morgan fingerprint density at radius 3 is 2.40 bits per heavy atom. The molecule has 5 heteroatoms. The van der Waals surface area contributed by atoms with Crippen LogP contribution in [-0.2, 0) is 14.3 Å². The predicted molar refractivity (Wildman–Crippen MR) is 55.7 cm³/mol. The van der Waals surface area contributed by atoms with Crippen LogP contribution in [0.15, 0.2) is 0 Å². The van der Waals surface area contributed by atoms with Crippen LogP contribution in [0.4, 0.5) is 0 Å². The number of carboxylic acids is 1. The van der Waals surface area contributed by atoms with Gasteiger partial charge in [-0.15, -0.1) is 0 Å². The van der Waals surface area contributed by atoms with Gasteiger partial charge in [-0.1, -0.05) is 6.92 Å². The number of methoxy groups -OCH3 is 1. The molecule has 0 bridgehead atoms. The SMILES string of the molecule is CC1CNC(C=O)C1.COC(C)C(=O)O. The van der Waals surface area contributed by atoms with E-state index in [2.05, 4.69) is 17.0 Å². The van der Waals surface area contributed by atoms with Crippen LogP contribution in [0.5, 0.6) is 0 Å². The fraction of sp³-hybridized carbons (Fsp3) is 0.800. The molecule has 0 radical (unpaired) electrons. The Morgan fingerprint density at radius 1 is 1.67 bits per heavy atom. The van der Waals surface area contributed by atoms with Crippen molar-refractivity contribution in [3.63, 3.8) is 0 Å². The average Bonchev–Trinajstić information content (AvgIpc) is 2.63. The van der Waals surface area contributed by atoms with Crippen molar-refractivity contribution in [2.45, 2.75) is 32.4 Å². The molecule has 2 N–H and O–H groups in total. The monoisotopic (exact) mass is 217 g/mol. The normalized spacial score (nSPS) is 26.3. The second kappa shape index (κ2) is 7.36. The van der Waals surface area contributed by atoms with E-state index in [1.165, 1.54) is 14.0 Å². The largest absolute Gasteiger partial charge is 0.479 e. The summed E-state index contributed by atoms with van der Waals surface area (Å²) in [4.78, 5) is 19.9. The molecule has 0 aliphatic carbocycles. The Bertz CT molecular complexity index is 208. The lowest BCUT2D eigenvalue weighted by Crippen LogP contribution is -2.22. The molecular formula is C10H19NO4. The molecule has 0 spiro atoms. The fourth-order valence-electron chi connectivity index (χ4n) is 1.16. The number of nitrogens with one attached hydrogen (secondary N) is 1. The van der Waals surface area contributed by atoms with E-state index in [0.717, 1.165) is 19.3 Å². The molecule has 3 unspecified atom stereocenters. The van der Waals surface area contributed by atoms with Crippen molar-refractivity contribution in [2.75, 3.05) is 13.7 Å². The summed E-state index contributed by atoms with van der Waals surface area (Å²) >= 11 is 0. The highest BCUT2D eigenvalue weighted by molar-refractivity contribution is 5.71. The smallest absolute Gasteiger partial charge is 0.332 e. The second-order valence-electron chi connectivity index (χ2n) is 3.71. The van der Waals surface area contributed by atoms with Crippen LogP contribution >= 0.6 is 0 Å². The van der Waals surface area contributed by atoms with Crippen LogP contribution in [0.1, 0.15) is 20.3 Å². The molecule has 1 saturated heterocycles. The molecule has 1 fully saturated rings. The van der Waals surface area contributed by atoms with Gasteiger partial charge in [-0.05, 0) is 25.8 Å². The van der Waals surface area contributed by atoms with Crippen molar-refractivity contribution in [3.8, 4) is 0 Å². The van der Waals surface area contributed by atoms with E-state index >= 15 is 0 Å². The topological polar surface area (TPSA) is 75.6 Å². The van der Waals surface area contributed by atoms with E-state index in [0.29, 0.717) is 5.92 Å². The number of carboxylic acid groups (broad SMARTS) is 1. The summed E-state index contributed by atoms with van der Waals surface area (Å²) in [5.41, 5.74) is 0.